The average Bonchev–Trinajstić information content (AvgIpc) is 2.64. The number of fused-ring (bicyclic) bond motifs is 1. The molecule has 2 fully saturated rings. The average molecular weight is 312 g/mol. The number of amides is 3. The van der Waals surface area contributed by atoms with Crippen LogP contribution in [0.5, 0.6) is 0 Å². The summed E-state index contributed by atoms with van der Waals surface area (Å²) in [5, 5.41) is 6.00. The van der Waals surface area contributed by atoms with Crippen molar-refractivity contribution in [1.29, 1.82) is 0 Å². The molecule has 2 atom stereocenters. The van der Waals surface area contributed by atoms with Gasteiger partial charge in [0.25, 0.3) is 5.91 Å². The molecule has 2 unspecified atom stereocenters. The Bertz CT molecular complexity index is 456. The van der Waals surface area contributed by atoms with Gasteiger partial charge >= 0.3 is 0 Å². The molecule has 0 bridgehead atoms. The Morgan fingerprint density at radius 1 is 1.36 bits per heavy atom. The van der Waals surface area contributed by atoms with Crippen molar-refractivity contribution >= 4 is 17.7 Å². The van der Waals surface area contributed by atoms with Crippen LogP contribution in [0.3, 0.4) is 0 Å². The van der Waals surface area contributed by atoms with Gasteiger partial charge in [-0.25, -0.2) is 5.01 Å². The van der Waals surface area contributed by atoms with Crippen LogP contribution in [0.4, 0.5) is 0 Å². The van der Waals surface area contributed by atoms with Crippen molar-refractivity contribution in [2.45, 2.75) is 31.8 Å². The Balaban J connectivity index is 2.28. The van der Waals surface area contributed by atoms with Crippen LogP contribution in [0, 0.1) is 0 Å². The highest BCUT2D eigenvalue weighted by Crippen LogP contribution is 2.23. The Morgan fingerprint density at radius 2 is 2.09 bits per heavy atom. The lowest BCUT2D eigenvalue weighted by Gasteiger charge is -2.43. The van der Waals surface area contributed by atoms with Gasteiger partial charge in [0.05, 0.1) is 6.04 Å². The van der Waals surface area contributed by atoms with Crippen molar-refractivity contribution in [3.8, 4) is 0 Å². The molecule has 8 nitrogen and oxygen atoms in total. The molecule has 0 aromatic heterocycles. The Hall–Kier alpha value is -1.67. The smallest absolute Gasteiger partial charge is 0.260 e. The molecule has 0 radical (unpaired) electrons. The maximum atomic E-state index is 12.8. The van der Waals surface area contributed by atoms with Gasteiger partial charge in [-0.15, -0.1) is 0 Å². The summed E-state index contributed by atoms with van der Waals surface area (Å²) in [4.78, 5) is 38.4. The monoisotopic (exact) mass is 312 g/mol. The first-order chi connectivity index (χ1) is 10.5. The SMILES string of the molecule is CNC1CN(C(=O)COC)CC2CCCN(C(C)=O)N2C1=O. The third-order valence-electron chi connectivity index (χ3n) is 4.20. The van der Waals surface area contributed by atoms with E-state index >= 15 is 0 Å². The fourth-order valence-electron chi connectivity index (χ4n) is 3.10. The quantitative estimate of drug-likeness (QED) is 0.709. The summed E-state index contributed by atoms with van der Waals surface area (Å²) >= 11 is 0. The molecule has 0 spiro atoms. The zero-order valence-corrected chi connectivity index (χ0v) is 13.4. The van der Waals surface area contributed by atoms with Gasteiger partial charge in [0.1, 0.15) is 12.6 Å². The number of hydrogen-bond acceptors (Lipinski definition) is 5. The molecular weight excluding hydrogens is 288 g/mol. The molecule has 22 heavy (non-hydrogen) atoms. The van der Waals surface area contributed by atoms with Crippen LogP contribution in [0.15, 0.2) is 0 Å². The third-order valence-corrected chi connectivity index (χ3v) is 4.20. The van der Waals surface area contributed by atoms with E-state index in [1.165, 1.54) is 19.0 Å². The third kappa shape index (κ3) is 3.22. The lowest BCUT2D eigenvalue weighted by atomic mass is 10.1. The summed E-state index contributed by atoms with van der Waals surface area (Å²) in [6, 6.07) is -0.685. The number of hydrogen-bond donors (Lipinski definition) is 1. The van der Waals surface area contributed by atoms with Gasteiger partial charge in [-0.3, -0.25) is 19.4 Å². The first-order valence-electron chi connectivity index (χ1n) is 7.54. The highest BCUT2D eigenvalue weighted by Gasteiger charge is 2.42. The van der Waals surface area contributed by atoms with Crippen molar-refractivity contribution in [3.05, 3.63) is 0 Å². The number of likely N-dealkylation sites (N-methyl/N-ethyl adjacent to an activating group) is 1. The molecule has 0 aromatic rings. The van der Waals surface area contributed by atoms with E-state index in [1.54, 1.807) is 17.0 Å². The van der Waals surface area contributed by atoms with E-state index in [1.807, 2.05) is 0 Å². The van der Waals surface area contributed by atoms with E-state index in [-0.39, 0.29) is 36.9 Å². The summed E-state index contributed by atoms with van der Waals surface area (Å²) in [7, 11) is 3.16. The number of carbonyl (C=O) groups excluding carboxylic acids is 3. The predicted octanol–water partition coefficient (Wildman–Crippen LogP) is -1.18. The molecule has 2 heterocycles. The number of rotatable bonds is 3. The predicted molar refractivity (Wildman–Crippen MR) is 78.6 cm³/mol. The van der Waals surface area contributed by atoms with Crippen molar-refractivity contribution in [2.75, 3.05) is 40.4 Å². The maximum Gasteiger partial charge on any atom is 0.260 e. The minimum atomic E-state index is -0.522. The molecule has 2 aliphatic heterocycles. The number of ether oxygens (including phenoxy) is 1. The van der Waals surface area contributed by atoms with Gasteiger partial charge in [-0.05, 0) is 19.9 Å². The Labute approximate surface area is 130 Å². The summed E-state index contributed by atoms with van der Waals surface area (Å²) in [6.07, 6.45) is 1.60. The number of nitrogens with one attached hydrogen (secondary N) is 1. The largest absolute Gasteiger partial charge is 0.375 e. The van der Waals surface area contributed by atoms with Crippen molar-refractivity contribution in [3.63, 3.8) is 0 Å². The molecule has 0 aromatic carbocycles. The maximum absolute atomic E-state index is 12.8. The van der Waals surface area contributed by atoms with E-state index in [0.717, 1.165) is 12.8 Å². The lowest BCUT2D eigenvalue weighted by molar-refractivity contribution is -0.173. The minimum absolute atomic E-state index is 0.00618. The Morgan fingerprint density at radius 3 is 2.68 bits per heavy atom. The van der Waals surface area contributed by atoms with Crippen LogP contribution in [0.25, 0.3) is 0 Å². The highest BCUT2D eigenvalue weighted by atomic mass is 16.5. The van der Waals surface area contributed by atoms with E-state index in [4.69, 9.17) is 4.74 Å². The molecule has 2 aliphatic rings. The minimum Gasteiger partial charge on any atom is -0.375 e. The van der Waals surface area contributed by atoms with Crippen LogP contribution in [0.2, 0.25) is 0 Å². The van der Waals surface area contributed by atoms with Crippen LogP contribution in [-0.2, 0) is 19.1 Å². The molecule has 3 amide bonds. The summed E-state index contributed by atoms with van der Waals surface area (Å²) in [6.45, 7) is 2.71. The zero-order chi connectivity index (χ0) is 16.3. The molecule has 2 rings (SSSR count). The number of hydrazine groups is 1. The summed E-state index contributed by atoms with van der Waals surface area (Å²) in [5.74, 6) is -0.447. The fraction of sp³-hybridized carbons (Fsp3) is 0.786. The van der Waals surface area contributed by atoms with Crippen molar-refractivity contribution < 1.29 is 19.1 Å². The van der Waals surface area contributed by atoms with Crippen molar-refractivity contribution in [1.82, 2.24) is 20.2 Å². The van der Waals surface area contributed by atoms with E-state index < -0.39 is 6.04 Å². The molecule has 0 saturated carbocycles. The summed E-state index contributed by atoms with van der Waals surface area (Å²) < 4.78 is 4.91. The Kier molecular flexibility index (Phi) is 5.36. The van der Waals surface area contributed by atoms with Gasteiger partial charge in [-0.2, -0.15) is 0 Å². The topological polar surface area (TPSA) is 82.2 Å². The number of methoxy groups -OCH3 is 1. The van der Waals surface area contributed by atoms with Crippen LogP contribution in [0.1, 0.15) is 19.8 Å². The molecule has 124 valence electrons. The molecular formula is C14H24N4O4. The van der Waals surface area contributed by atoms with E-state index in [0.29, 0.717) is 13.1 Å². The number of carbonyl (C=O) groups is 3. The first kappa shape index (κ1) is 16.7. The highest BCUT2D eigenvalue weighted by molar-refractivity contribution is 5.87. The number of nitrogens with zero attached hydrogens (tertiary/aromatic N) is 3. The summed E-state index contributed by atoms with van der Waals surface area (Å²) in [5.41, 5.74) is 0. The first-order valence-corrected chi connectivity index (χ1v) is 7.54. The van der Waals surface area contributed by atoms with Gasteiger partial charge < -0.3 is 15.0 Å². The van der Waals surface area contributed by atoms with Gasteiger partial charge in [0.15, 0.2) is 0 Å². The second kappa shape index (κ2) is 7.06. The normalized spacial score (nSPS) is 25.8. The second-order valence-electron chi connectivity index (χ2n) is 5.69. The standard InChI is InChI=1S/C14H24N4O4/c1-10(19)17-6-4-5-11-7-16(13(20)9-22-3)8-12(15-2)14(21)18(11)17/h11-12,15H,4-9H2,1-3H3. The second-order valence-corrected chi connectivity index (χ2v) is 5.69. The fourth-order valence-corrected chi connectivity index (χ4v) is 3.10. The molecule has 2 saturated heterocycles. The van der Waals surface area contributed by atoms with Gasteiger partial charge in [0, 0.05) is 33.7 Å². The van der Waals surface area contributed by atoms with E-state index in [2.05, 4.69) is 5.32 Å². The van der Waals surface area contributed by atoms with E-state index in [9.17, 15) is 14.4 Å². The molecule has 0 aliphatic carbocycles. The van der Waals surface area contributed by atoms with Crippen LogP contribution < -0.4 is 5.32 Å². The van der Waals surface area contributed by atoms with Crippen LogP contribution in [-0.4, -0.2) is 85.1 Å². The van der Waals surface area contributed by atoms with Gasteiger partial charge in [0.2, 0.25) is 11.8 Å². The van der Waals surface area contributed by atoms with Crippen LogP contribution >= 0.6 is 0 Å². The molecule has 8 heteroatoms. The van der Waals surface area contributed by atoms with Gasteiger partial charge in [-0.1, -0.05) is 0 Å². The molecule has 1 N–H and O–H groups in total. The lowest BCUT2D eigenvalue weighted by Crippen LogP contribution is -2.61. The van der Waals surface area contributed by atoms with Crippen molar-refractivity contribution in [2.24, 2.45) is 0 Å². The zero-order valence-electron chi connectivity index (χ0n) is 13.4.